The van der Waals surface area contributed by atoms with E-state index in [1.54, 1.807) is 12.1 Å². The molecule has 1 aromatic heterocycles. The lowest BCUT2D eigenvalue weighted by molar-refractivity contribution is 0.495. The predicted octanol–water partition coefficient (Wildman–Crippen LogP) is 6.66. The number of nitrogens with one attached hydrogen (secondary N) is 1. The molecule has 0 aliphatic carbocycles. The summed E-state index contributed by atoms with van der Waals surface area (Å²) in [6.45, 7) is 1.53. The zero-order valence-corrected chi connectivity index (χ0v) is 16.4. The molecule has 132 valence electrons. The minimum absolute atomic E-state index is 0. The van der Waals surface area contributed by atoms with Crippen LogP contribution < -0.4 is 5.32 Å². The topological polar surface area (TPSA) is 25.2 Å². The van der Waals surface area contributed by atoms with E-state index in [2.05, 4.69) is 5.32 Å². The molecule has 0 saturated heterocycles. The Balaban J connectivity index is 0.00000225. The van der Waals surface area contributed by atoms with Gasteiger partial charge in [0.25, 0.3) is 0 Å². The van der Waals surface area contributed by atoms with E-state index < -0.39 is 0 Å². The minimum Gasteiger partial charge on any atom is -0.460 e. The van der Waals surface area contributed by atoms with E-state index in [9.17, 15) is 0 Å². The van der Waals surface area contributed by atoms with E-state index in [-0.39, 0.29) is 12.4 Å². The van der Waals surface area contributed by atoms with Crippen LogP contribution in [-0.4, -0.2) is 6.54 Å². The van der Waals surface area contributed by atoms with Crippen LogP contribution in [0.5, 0.6) is 0 Å². The highest BCUT2D eigenvalue weighted by molar-refractivity contribution is 6.36. The second-order valence-corrected chi connectivity index (χ2v) is 6.72. The zero-order chi connectivity index (χ0) is 16.9. The molecule has 0 radical (unpaired) electrons. The van der Waals surface area contributed by atoms with Gasteiger partial charge in [-0.25, -0.2) is 0 Å². The van der Waals surface area contributed by atoms with E-state index in [1.165, 1.54) is 5.56 Å². The van der Waals surface area contributed by atoms with Crippen LogP contribution in [0.1, 0.15) is 11.3 Å². The third kappa shape index (κ3) is 5.67. The molecule has 2 nitrogen and oxygen atoms in total. The van der Waals surface area contributed by atoms with Gasteiger partial charge in [0.2, 0.25) is 0 Å². The second kappa shape index (κ2) is 9.51. The summed E-state index contributed by atoms with van der Waals surface area (Å²) in [4.78, 5) is 0. The van der Waals surface area contributed by atoms with Gasteiger partial charge in [-0.3, -0.25) is 0 Å². The molecular weight excluding hydrogens is 400 g/mol. The number of furan rings is 1. The number of hydrogen-bond acceptors (Lipinski definition) is 2. The quantitative estimate of drug-likeness (QED) is 0.454. The van der Waals surface area contributed by atoms with Gasteiger partial charge in [0.15, 0.2) is 0 Å². The van der Waals surface area contributed by atoms with Gasteiger partial charge in [-0.2, -0.15) is 0 Å². The molecule has 3 rings (SSSR count). The van der Waals surface area contributed by atoms with Gasteiger partial charge in [-0.15, -0.1) is 12.4 Å². The molecule has 25 heavy (non-hydrogen) atoms. The molecule has 0 atom stereocenters. The first-order valence-corrected chi connectivity index (χ1v) is 8.74. The van der Waals surface area contributed by atoms with Crippen LogP contribution in [0.4, 0.5) is 0 Å². The van der Waals surface area contributed by atoms with Crippen molar-refractivity contribution in [2.24, 2.45) is 0 Å². The molecule has 0 unspecified atom stereocenters. The van der Waals surface area contributed by atoms with Crippen molar-refractivity contribution in [1.82, 2.24) is 5.32 Å². The van der Waals surface area contributed by atoms with Crippen LogP contribution in [0.3, 0.4) is 0 Å². The molecule has 0 amide bonds. The van der Waals surface area contributed by atoms with Crippen LogP contribution in [0, 0.1) is 0 Å². The summed E-state index contributed by atoms with van der Waals surface area (Å²) >= 11 is 18.0. The number of rotatable bonds is 6. The zero-order valence-electron chi connectivity index (χ0n) is 13.3. The van der Waals surface area contributed by atoms with Gasteiger partial charge in [0.05, 0.1) is 11.6 Å². The van der Waals surface area contributed by atoms with Crippen molar-refractivity contribution >= 4 is 47.2 Å². The molecule has 1 heterocycles. The molecule has 0 aliphatic rings. The SMILES string of the molecule is Cl.Clc1ccc(CCNCc2ccc(-c3ccc(Cl)cc3Cl)o2)cc1. The Morgan fingerprint density at radius 2 is 1.56 bits per heavy atom. The third-order valence-corrected chi connectivity index (χ3v) is 4.46. The fourth-order valence-electron chi connectivity index (χ4n) is 2.40. The minimum atomic E-state index is 0. The summed E-state index contributed by atoms with van der Waals surface area (Å²) < 4.78 is 5.85. The van der Waals surface area contributed by atoms with E-state index >= 15 is 0 Å². The van der Waals surface area contributed by atoms with Crippen molar-refractivity contribution in [2.45, 2.75) is 13.0 Å². The molecule has 0 spiro atoms. The Bertz CT molecular complexity index is 815. The van der Waals surface area contributed by atoms with Crippen molar-refractivity contribution < 1.29 is 4.42 Å². The molecule has 0 fully saturated rings. The smallest absolute Gasteiger partial charge is 0.135 e. The summed E-state index contributed by atoms with van der Waals surface area (Å²) in [5.41, 5.74) is 2.09. The summed E-state index contributed by atoms with van der Waals surface area (Å²) in [5, 5.41) is 5.33. The molecule has 0 aliphatic heterocycles. The molecular formula is C19H17Cl4NO. The van der Waals surface area contributed by atoms with E-state index in [1.807, 2.05) is 42.5 Å². The first-order valence-electron chi connectivity index (χ1n) is 7.61. The van der Waals surface area contributed by atoms with Gasteiger partial charge in [0, 0.05) is 15.6 Å². The predicted molar refractivity (Wildman–Crippen MR) is 108 cm³/mol. The Labute approximate surface area is 168 Å². The summed E-state index contributed by atoms with van der Waals surface area (Å²) in [6, 6.07) is 17.1. The maximum absolute atomic E-state index is 6.21. The molecule has 3 aromatic rings. The summed E-state index contributed by atoms with van der Waals surface area (Å²) in [6.07, 6.45) is 0.938. The number of halogens is 4. The highest BCUT2D eigenvalue weighted by atomic mass is 35.5. The molecule has 2 aromatic carbocycles. The van der Waals surface area contributed by atoms with Gasteiger partial charge < -0.3 is 9.73 Å². The Morgan fingerprint density at radius 1 is 0.840 bits per heavy atom. The number of benzene rings is 2. The van der Waals surface area contributed by atoms with Crippen LogP contribution in [-0.2, 0) is 13.0 Å². The lowest BCUT2D eigenvalue weighted by Gasteiger charge is -2.04. The molecule has 1 N–H and O–H groups in total. The fraction of sp³-hybridized carbons (Fsp3) is 0.158. The first-order chi connectivity index (χ1) is 11.6. The average molecular weight is 417 g/mol. The van der Waals surface area contributed by atoms with Crippen molar-refractivity contribution in [1.29, 1.82) is 0 Å². The van der Waals surface area contributed by atoms with Crippen molar-refractivity contribution in [3.8, 4) is 11.3 Å². The fourth-order valence-corrected chi connectivity index (χ4v) is 3.03. The van der Waals surface area contributed by atoms with E-state index in [0.717, 1.165) is 35.1 Å². The van der Waals surface area contributed by atoms with Gasteiger partial charge in [-0.05, 0) is 61.0 Å². The van der Waals surface area contributed by atoms with E-state index in [4.69, 9.17) is 39.2 Å². The van der Waals surface area contributed by atoms with Gasteiger partial charge >= 0.3 is 0 Å². The van der Waals surface area contributed by atoms with Crippen molar-refractivity contribution in [2.75, 3.05) is 6.54 Å². The van der Waals surface area contributed by atoms with Crippen LogP contribution in [0.25, 0.3) is 11.3 Å². The number of hydrogen-bond donors (Lipinski definition) is 1. The average Bonchev–Trinajstić information content (AvgIpc) is 3.02. The van der Waals surface area contributed by atoms with Crippen LogP contribution >= 0.6 is 47.2 Å². The Hall–Kier alpha value is -1.16. The Kier molecular flexibility index (Phi) is 7.67. The van der Waals surface area contributed by atoms with Gasteiger partial charge in [0.1, 0.15) is 11.5 Å². The summed E-state index contributed by atoms with van der Waals surface area (Å²) in [7, 11) is 0. The summed E-state index contributed by atoms with van der Waals surface area (Å²) in [5.74, 6) is 1.61. The van der Waals surface area contributed by atoms with Crippen LogP contribution in [0.2, 0.25) is 15.1 Å². The second-order valence-electron chi connectivity index (χ2n) is 5.44. The largest absolute Gasteiger partial charge is 0.460 e. The normalized spacial score (nSPS) is 10.5. The lowest BCUT2D eigenvalue weighted by atomic mass is 10.1. The van der Waals surface area contributed by atoms with Crippen molar-refractivity contribution in [3.05, 3.63) is 81.0 Å². The molecule has 0 bridgehead atoms. The standard InChI is InChI=1S/C19H16Cl3NO.ClH/c20-14-3-1-13(2-4-14)9-10-23-12-16-6-8-19(24-16)17-7-5-15(21)11-18(17)22;/h1-8,11,23H,9-10,12H2;1H. The maximum atomic E-state index is 6.21. The first kappa shape index (κ1) is 20.2. The third-order valence-electron chi connectivity index (χ3n) is 3.66. The van der Waals surface area contributed by atoms with E-state index in [0.29, 0.717) is 16.6 Å². The highest BCUT2D eigenvalue weighted by Crippen LogP contribution is 2.31. The Morgan fingerprint density at radius 3 is 2.28 bits per heavy atom. The van der Waals surface area contributed by atoms with Crippen LogP contribution in [0.15, 0.2) is 59.0 Å². The monoisotopic (exact) mass is 415 g/mol. The highest BCUT2D eigenvalue weighted by Gasteiger charge is 2.09. The molecule has 0 saturated carbocycles. The maximum Gasteiger partial charge on any atom is 0.135 e. The van der Waals surface area contributed by atoms with Gasteiger partial charge in [-0.1, -0.05) is 46.9 Å². The molecule has 6 heteroatoms. The lowest BCUT2D eigenvalue weighted by Crippen LogP contribution is -2.16. The van der Waals surface area contributed by atoms with Crippen molar-refractivity contribution in [3.63, 3.8) is 0 Å².